The molecule has 11 heavy (non-hydrogen) atoms. The van der Waals surface area contributed by atoms with E-state index in [2.05, 4.69) is 20.7 Å². The molecule has 0 radical (unpaired) electrons. The summed E-state index contributed by atoms with van der Waals surface area (Å²) in [6.45, 7) is 1.52. The van der Waals surface area contributed by atoms with Crippen molar-refractivity contribution in [3.63, 3.8) is 0 Å². The third-order valence-electron chi connectivity index (χ3n) is 1.15. The maximum absolute atomic E-state index is 10.3. The first-order valence-corrected chi connectivity index (χ1v) is 3.06. The zero-order valence-corrected chi connectivity index (χ0v) is 5.90. The van der Waals surface area contributed by atoms with Crippen LogP contribution in [0.2, 0.25) is 0 Å². The van der Waals surface area contributed by atoms with Crippen LogP contribution in [0.25, 0.3) is 0 Å². The minimum atomic E-state index is -0.923. The Balaban J connectivity index is 2.50. The average molecular weight is 156 g/mol. The minimum absolute atomic E-state index is 0.430. The molecule has 0 spiro atoms. The highest BCUT2D eigenvalue weighted by atomic mass is 16.4. The minimum Gasteiger partial charge on any atom is -0.480 e. The van der Waals surface area contributed by atoms with E-state index in [9.17, 15) is 4.79 Å². The molecule has 0 unspecified atom stereocenters. The fourth-order valence-electron chi connectivity index (χ4n) is 0.556. The number of aromatic amines is 1. The van der Waals surface area contributed by atoms with Gasteiger partial charge in [-0.15, -0.1) is 5.10 Å². The lowest BCUT2D eigenvalue weighted by Gasteiger charge is -2.05. The molecule has 0 aliphatic rings. The monoisotopic (exact) mass is 156 g/mol. The number of rotatable bonds is 3. The van der Waals surface area contributed by atoms with E-state index in [1.807, 2.05) is 0 Å². The van der Waals surface area contributed by atoms with E-state index < -0.39 is 12.0 Å². The maximum Gasteiger partial charge on any atom is 0.325 e. The molecule has 0 aromatic carbocycles. The first-order valence-electron chi connectivity index (χ1n) is 3.06. The number of aromatic nitrogens is 3. The van der Waals surface area contributed by atoms with Crippen LogP contribution in [0.4, 0.5) is 5.82 Å². The van der Waals surface area contributed by atoms with Gasteiger partial charge >= 0.3 is 5.97 Å². The van der Waals surface area contributed by atoms with Crippen molar-refractivity contribution >= 4 is 11.8 Å². The summed E-state index contributed by atoms with van der Waals surface area (Å²) in [5.74, 6) is -0.493. The van der Waals surface area contributed by atoms with Crippen LogP contribution in [-0.4, -0.2) is 32.5 Å². The molecule has 1 aromatic heterocycles. The van der Waals surface area contributed by atoms with Crippen molar-refractivity contribution in [2.75, 3.05) is 5.32 Å². The van der Waals surface area contributed by atoms with Crippen molar-refractivity contribution in [3.05, 3.63) is 6.20 Å². The van der Waals surface area contributed by atoms with Gasteiger partial charge in [-0.25, -0.2) is 0 Å². The van der Waals surface area contributed by atoms with Gasteiger partial charge in [-0.05, 0) is 6.92 Å². The molecule has 1 rings (SSSR count). The highest BCUT2D eigenvalue weighted by molar-refractivity contribution is 5.76. The smallest absolute Gasteiger partial charge is 0.325 e. The number of carbonyl (C=O) groups is 1. The Bertz CT molecular complexity index is 233. The van der Waals surface area contributed by atoms with Gasteiger partial charge in [-0.3, -0.25) is 9.89 Å². The number of nitrogens with one attached hydrogen (secondary N) is 2. The third kappa shape index (κ3) is 1.92. The van der Waals surface area contributed by atoms with Gasteiger partial charge in [-0.1, -0.05) is 5.21 Å². The number of hydrogen-bond donors (Lipinski definition) is 3. The van der Waals surface area contributed by atoms with E-state index in [0.29, 0.717) is 5.82 Å². The van der Waals surface area contributed by atoms with Crippen molar-refractivity contribution in [1.29, 1.82) is 0 Å². The molecule has 6 nitrogen and oxygen atoms in total. The van der Waals surface area contributed by atoms with Crippen LogP contribution < -0.4 is 5.32 Å². The first-order chi connectivity index (χ1) is 5.20. The van der Waals surface area contributed by atoms with E-state index in [1.54, 1.807) is 0 Å². The molecule has 6 heteroatoms. The van der Waals surface area contributed by atoms with E-state index in [4.69, 9.17) is 5.11 Å². The second-order valence-corrected chi connectivity index (χ2v) is 2.06. The fraction of sp³-hybridized carbons (Fsp3) is 0.400. The number of H-pyrrole nitrogens is 1. The second-order valence-electron chi connectivity index (χ2n) is 2.06. The third-order valence-corrected chi connectivity index (χ3v) is 1.15. The predicted molar refractivity (Wildman–Crippen MR) is 37.1 cm³/mol. The molecule has 0 saturated carbocycles. The summed E-state index contributed by atoms with van der Waals surface area (Å²) in [5, 5.41) is 20.5. The van der Waals surface area contributed by atoms with Gasteiger partial charge < -0.3 is 10.4 Å². The van der Waals surface area contributed by atoms with Crippen LogP contribution in [0, 0.1) is 0 Å². The number of aliphatic carboxylic acids is 1. The highest BCUT2D eigenvalue weighted by Crippen LogP contribution is 1.98. The Morgan fingerprint density at radius 1 is 1.91 bits per heavy atom. The van der Waals surface area contributed by atoms with Crippen LogP contribution in [0.5, 0.6) is 0 Å². The lowest BCUT2D eigenvalue weighted by atomic mass is 10.3. The number of carboxylic acid groups (broad SMARTS) is 1. The number of nitrogens with zero attached hydrogens (tertiary/aromatic N) is 2. The van der Waals surface area contributed by atoms with Gasteiger partial charge in [0, 0.05) is 0 Å². The molecule has 0 fully saturated rings. The lowest BCUT2D eigenvalue weighted by molar-refractivity contribution is -0.137. The van der Waals surface area contributed by atoms with Crippen molar-refractivity contribution in [2.45, 2.75) is 13.0 Å². The molecular weight excluding hydrogens is 148 g/mol. The number of anilines is 1. The summed E-state index contributed by atoms with van der Waals surface area (Å²) in [6, 6.07) is -0.653. The van der Waals surface area contributed by atoms with Crippen LogP contribution in [0.15, 0.2) is 6.20 Å². The summed E-state index contributed by atoms with van der Waals surface area (Å²) in [7, 11) is 0. The van der Waals surface area contributed by atoms with Crippen molar-refractivity contribution in [3.8, 4) is 0 Å². The molecule has 60 valence electrons. The predicted octanol–water partition coefficient (Wildman–Crippen LogP) is -0.310. The van der Waals surface area contributed by atoms with Crippen molar-refractivity contribution in [2.24, 2.45) is 0 Å². The molecular formula is C5H8N4O2. The maximum atomic E-state index is 10.3. The topological polar surface area (TPSA) is 90.9 Å². The molecule has 0 saturated heterocycles. The highest BCUT2D eigenvalue weighted by Gasteiger charge is 2.10. The van der Waals surface area contributed by atoms with Gasteiger partial charge in [0.25, 0.3) is 0 Å². The average Bonchev–Trinajstić information content (AvgIpc) is 2.39. The lowest BCUT2D eigenvalue weighted by Crippen LogP contribution is -2.25. The fourth-order valence-corrected chi connectivity index (χ4v) is 0.556. The molecule has 0 aliphatic carbocycles. The van der Waals surface area contributed by atoms with E-state index in [-0.39, 0.29) is 0 Å². The van der Waals surface area contributed by atoms with E-state index in [1.165, 1.54) is 13.1 Å². The zero-order valence-electron chi connectivity index (χ0n) is 5.90. The van der Waals surface area contributed by atoms with Gasteiger partial charge in [0.2, 0.25) is 0 Å². The SMILES string of the molecule is C[C@H](Nc1c[nH]nn1)C(=O)O. The molecule has 0 amide bonds. The summed E-state index contributed by atoms with van der Waals surface area (Å²) in [4.78, 5) is 10.3. The van der Waals surface area contributed by atoms with Crippen LogP contribution in [-0.2, 0) is 4.79 Å². The largest absolute Gasteiger partial charge is 0.480 e. The quantitative estimate of drug-likeness (QED) is 0.558. The second kappa shape index (κ2) is 3.00. The first kappa shape index (κ1) is 7.52. The molecule has 3 N–H and O–H groups in total. The molecule has 0 bridgehead atoms. The van der Waals surface area contributed by atoms with Crippen LogP contribution >= 0.6 is 0 Å². The van der Waals surface area contributed by atoms with Gasteiger partial charge in [-0.2, -0.15) is 0 Å². The molecule has 1 aromatic rings. The van der Waals surface area contributed by atoms with Gasteiger partial charge in [0.05, 0.1) is 6.20 Å². The normalized spacial score (nSPS) is 12.5. The summed E-state index contributed by atoms with van der Waals surface area (Å²) >= 11 is 0. The Hall–Kier alpha value is -1.59. The number of hydrogen-bond acceptors (Lipinski definition) is 4. The van der Waals surface area contributed by atoms with Gasteiger partial charge in [0.1, 0.15) is 6.04 Å². The van der Waals surface area contributed by atoms with Gasteiger partial charge in [0.15, 0.2) is 5.82 Å². The van der Waals surface area contributed by atoms with E-state index in [0.717, 1.165) is 0 Å². The molecule has 1 atom stereocenters. The van der Waals surface area contributed by atoms with Crippen LogP contribution in [0.3, 0.4) is 0 Å². The Labute approximate surface area is 62.6 Å². The summed E-state index contributed by atoms with van der Waals surface area (Å²) in [6.07, 6.45) is 1.49. The molecule has 1 heterocycles. The van der Waals surface area contributed by atoms with Crippen molar-refractivity contribution in [1.82, 2.24) is 15.4 Å². The summed E-state index contributed by atoms with van der Waals surface area (Å²) < 4.78 is 0. The zero-order chi connectivity index (χ0) is 8.27. The Morgan fingerprint density at radius 3 is 3.09 bits per heavy atom. The van der Waals surface area contributed by atoms with Crippen molar-refractivity contribution < 1.29 is 9.90 Å². The molecule has 0 aliphatic heterocycles. The number of carboxylic acids is 1. The van der Waals surface area contributed by atoms with Crippen LogP contribution in [0.1, 0.15) is 6.92 Å². The Morgan fingerprint density at radius 2 is 2.64 bits per heavy atom. The Kier molecular flexibility index (Phi) is 2.05. The standard InChI is InChI=1S/C5H8N4O2/c1-3(5(10)11)7-4-2-6-9-8-4/h2-3H,1H3,(H,10,11)(H2,6,7,8,9)/t3-/m0/s1. The van der Waals surface area contributed by atoms with E-state index >= 15 is 0 Å². The summed E-state index contributed by atoms with van der Waals surface area (Å²) in [5.41, 5.74) is 0.